The minimum absolute atomic E-state index is 0.336. The molecule has 0 radical (unpaired) electrons. The van der Waals surface area contributed by atoms with Crippen molar-refractivity contribution in [3.05, 3.63) is 37.0 Å². The zero-order valence-electron chi connectivity index (χ0n) is 6.33. The van der Waals surface area contributed by atoms with Gasteiger partial charge in [0.25, 0.3) is 0 Å². The fraction of sp³-hybridized carbons (Fsp3) is 0.333. The zero-order chi connectivity index (χ0) is 7.82. The van der Waals surface area contributed by atoms with Crippen molar-refractivity contribution in [2.75, 3.05) is 0 Å². The van der Waals surface area contributed by atoms with Crippen LogP contribution in [-0.4, -0.2) is 11.2 Å². The smallest absolute Gasteiger partial charge is 0.0692 e. The Kier molecular flexibility index (Phi) is 5.79. The third kappa shape index (κ3) is 7.18. The van der Waals surface area contributed by atoms with Crippen molar-refractivity contribution in [3.8, 4) is 0 Å². The van der Waals surface area contributed by atoms with E-state index in [-0.39, 0.29) is 6.10 Å². The van der Waals surface area contributed by atoms with Gasteiger partial charge in [0.2, 0.25) is 0 Å². The number of hydrogen-bond acceptors (Lipinski definition) is 1. The van der Waals surface area contributed by atoms with Gasteiger partial charge < -0.3 is 5.11 Å². The van der Waals surface area contributed by atoms with Crippen LogP contribution in [-0.2, 0) is 0 Å². The van der Waals surface area contributed by atoms with E-state index in [2.05, 4.69) is 6.58 Å². The molecule has 0 aromatic heterocycles. The van der Waals surface area contributed by atoms with Crippen molar-refractivity contribution in [1.29, 1.82) is 0 Å². The van der Waals surface area contributed by atoms with Crippen LogP contribution in [0.4, 0.5) is 0 Å². The average molecular weight is 138 g/mol. The molecule has 0 aliphatic heterocycles. The van der Waals surface area contributed by atoms with Crippen LogP contribution in [0.15, 0.2) is 37.0 Å². The van der Waals surface area contributed by atoms with Gasteiger partial charge in [-0.15, -0.1) is 0 Å². The van der Waals surface area contributed by atoms with E-state index in [0.29, 0.717) is 0 Å². The van der Waals surface area contributed by atoms with Crippen molar-refractivity contribution < 1.29 is 5.11 Å². The van der Waals surface area contributed by atoms with Crippen molar-refractivity contribution in [1.82, 2.24) is 0 Å². The lowest BCUT2D eigenvalue weighted by atomic mass is 10.3. The van der Waals surface area contributed by atoms with Gasteiger partial charge in [0.1, 0.15) is 0 Å². The lowest BCUT2D eigenvalue weighted by Gasteiger charge is -1.89. The molecule has 0 aliphatic carbocycles. The Bertz CT molecular complexity index is 132. The van der Waals surface area contributed by atoms with Gasteiger partial charge in [-0.05, 0) is 13.3 Å². The Labute approximate surface area is 62.4 Å². The van der Waals surface area contributed by atoms with Crippen molar-refractivity contribution >= 4 is 0 Å². The summed E-state index contributed by atoms with van der Waals surface area (Å²) < 4.78 is 0. The van der Waals surface area contributed by atoms with E-state index in [9.17, 15) is 0 Å². The van der Waals surface area contributed by atoms with E-state index in [1.54, 1.807) is 19.1 Å². The Hall–Kier alpha value is -0.820. The molecule has 1 unspecified atom stereocenters. The Morgan fingerprint density at radius 3 is 2.70 bits per heavy atom. The van der Waals surface area contributed by atoms with Crippen LogP contribution in [0.25, 0.3) is 0 Å². The second-order valence-corrected chi connectivity index (χ2v) is 2.07. The number of hydrogen-bond donors (Lipinski definition) is 1. The van der Waals surface area contributed by atoms with Crippen LogP contribution in [0.2, 0.25) is 0 Å². The second-order valence-electron chi connectivity index (χ2n) is 2.07. The highest BCUT2D eigenvalue weighted by Gasteiger charge is 1.81. The molecule has 56 valence electrons. The van der Waals surface area contributed by atoms with Gasteiger partial charge in [0, 0.05) is 0 Å². The van der Waals surface area contributed by atoms with Crippen molar-refractivity contribution in [3.63, 3.8) is 0 Å². The normalized spacial score (nSPS) is 14.6. The topological polar surface area (TPSA) is 20.2 Å². The predicted octanol–water partition coefficient (Wildman–Crippen LogP) is 2.06. The third-order valence-corrected chi connectivity index (χ3v) is 0.959. The number of allylic oxidation sites excluding steroid dienone is 4. The van der Waals surface area contributed by atoms with Crippen LogP contribution >= 0.6 is 0 Å². The van der Waals surface area contributed by atoms with E-state index in [1.807, 2.05) is 18.2 Å². The van der Waals surface area contributed by atoms with Gasteiger partial charge >= 0.3 is 0 Å². The molecule has 0 bridgehead atoms. The molecule has 1 heteroatoms. The molecule has 0 aromatic carbocycles. The molecule has 1 N–H and O–H groups in total. The molecule has 0 saturated carbocycles. The maximum atomic E-state index is 8.78. The number of rotatable bonds is 4. The first-order valence-corrected chi connectivity index (χ1v) is 3.39. The van der Waals surface area contributed by atoms with Crippen molar-refractivity contribution in [2.45, 2.75) is 19.4 Å². The zero-order valence-corrected chi connectivity index (χ0v) is 6.33. The highest BCUT2D eigenvalue weighted by Crippen LogP contribution is 1.89. The lowest BCUT2D eigenvalue weighted by Crippen LogP contribution is -1.90. The highest BCUT2D eigenvalue weighted by molar-refractivity contribution is 5.01. The molecule has 0 spiro atoms. The monoisotopic (exact) mass is 138 g/mol. The average Bonchev–Trinajstić information content (AvgIpc) is 1.87. The molecule has 0 aromatic rings. The Morgan fingerprint density at radius 2 is 2.20 bits per heavy atom. The van der Waals surface area contributed by atoms with Crippen LogP contribution in [0.3, 0.4) is 0 Å². The first kappa shape index (κ1) is 9.18. The van der Waals surface area contributed by atoms with Crippen LogP contribution in [0.5, 0.6) is 0 Å². The van der Waals surface area contributed by atoms with Gasteiger partial charge in [0.05, 0.1) is 6.10 Å². The molecule has 0 amide bonds. The van der Waals surface area contributed by atoms with Crippen molar-refractivity contribution in [2.24, 2.45) is 0 Å². The summed E-state index contributed by atoms with van der Waals surface area (Å²) in [6, 6.07) is 0. The summed E-state index contributed by atoms with van der Waals surface area (Å²) in [7, 11) is 0. The standard InChI is InChI=1S/C9H14O/c1-3-4-5-6-7-8-9(2)10/h3-5,7-10H,1,6H2,2H3. The van der Waals surface area contributed by atoms with Crippen LogP contribution in [0.1, 0.15) is 13.3 Å². The second kappa shape index (κ2) is 6.30. The summed E-state index contributed by atoms with van der Waals surface area (Å²) >= 11 is 0. The summed E-state index contributed by atoms with van der Waals surface area (Å²) in [5.41, 5.74) is 0. The largest absolute Gasteiger partial charge is 0.389 e. The Morgan fingerprint density at radius 1 is 1.50 bits per heavy atom. The molecule has 0 rings (SSSR count). The predicted molar refractivity (Wildman–Crippen MR) is 44.8 cm³/mol. The first-order chi connectivity index (χ1) is 4.77. The molecular formula is C9H14O. The van der Waals surface area contributed by atoms with E-state index in [1.165, 1.54) is 0 Å². The van der Waals surface area contributed by atoms with Gasteiger partial charge in [-0.25, -0.2) is 0 Å². The van der Waals surface area contributed by atoms with Gasteiger partial charge in [-0.2, -0.15) is 0 Å². The van der Waals surface area contributed by atoms with Gasteiger partial charge in [-0.1, -0.05) is 37.0 Å². The summed E-state index contributed by atoms with van der Waals surface area (Å²) in [5.74, 6) is 0. The van der Waals surface area contributed by atoms with E-state index in [0.717, 1.165) is 6.42 Å². The third-order valence-electron chi connectivity index (χ3n) is 0.959. The van der Waals surface area contributed by atoms with E-state index in [4.69, 9.17) is 5.11 Å². The summed E-state index contributed by atoms with van der Waals surface area (Å²) in [6.45, 7) is 5.26. The SMILES string of the molecule is C=CC=CCC=CC(C)O. The van der Waals surface area contributed by atoms with Crippen LogP contribution < -0.4 is 0 Å². The Balaban J connectivity index is 3.35. The minimum Gasteiger partial charge on any atom is -0.389 e. The maximum absolute atomic E-state index is 8.78. The molecule has 0 saturated heterocycles. The fourth-order valence-electron chi connectivity index (χ4n) is 0.529. The van der Waals surface area contributed by atoms with E-state index < -0.39 is 0 Å². The molecular weight excluding hydrogens is 124 g/mol. The molecule has 0 heterocycles. The molecule has 1 atom stereocenters. The highest BCUT2D eigenvalue weighted by atomic mass is 16.3. The quantitative estimate of drug-likeness (QED) is 0.465. The fourth-order valence-corrected chi connectivity index (χ4v) is 0.529. The summed E-state index contributed by atoms with van der Waals surface area (Å²) in [5, 5.41) is 8.78. The number of aliphatic hydroxyl groups excluding tert-OH is 1. The maximum Gasteiger partial charge on any atom is 0.0692 e. The van der Waals surface area contributed by atoms with Gasteiger partial charge in [0.15, 0.2) is 0 Å². The molecule has 10 heavy (non-hydrogen) atoms. The van der Waals surface area contributed by atoms with Crippen LogP contribution in [0, 0.1) is 0 Å². The number of aliphatic hydroxyl groups is 1. The summed E-state index contributed by atoms with van der Waals surface area (Å²) in [6.07, 6.45) is 9.79. The first-order valence-electron chi connectivity index (χ1n) is 3.39. The molecule has 1 nitrogen and oxygen atoms in total. The molecule has 0 aliphatic rings. The lowest BCUT2D eigenvalue weighted by molar-refractivity contribution is 0.244. The van der Waals surface area contributed by atoms with Gasteiger partial charge in [-0.3, -0.25) is 0 Å². The molecule has 0 fully saturated rings. The van der Waals surface area contributed by atoms with E-state index >= 15 is 0 Å². The summed E-state index contributed by atoms with van der Waals surface area (Å²) in [4.78, 5) is 0. The minimum atomic E-state index is -0.336.